The number of nitrogens with one attached hydrogen (secondary N) is 1. The van der Waals surface area contributed by atoms with Gasteiger partial charge in [0.2, 0.25) is 0 Å². The molecule has 0 bridgehead atoms. The smallest absolute Gasteiger partial charge is 0.255 e. The minimum absolute atomic E-state index is 0.124. The molecule has 0 aliphatic carbocycles. The number of ether oxygens (including phenoxy) is 1. The van der Waals surface area contributed by atoms with Gasteiger partial charge in [-0.3, -0.25) is 4.79 Å². The Morgan fingerprint density at radius 1 is 0.920 bits per heavy atom. The van der Waals surface area contributed by atoms with E-state index in [-0.39, 0.29) is 5.91 Å². The van der Waals surface area contributed by atoms with Gasteiger partial charge in [-0.05, 0) is 36.8 Å². The Bertz CT molecular complexity index is 826. The third-order valence-electron chi connectivity index (χ3n) is 3.91. The van der Waals surface area contributed by atoms with Crippen molar-refractivity contribution in [2.75, 3.05) is 11.9 Å². The highest BCUT2D eigenvalue weighted by Crippen LogP contribution is 2.18. The van der Waals surface area contributed by atoms with Crippen molar-refractivity contribution in [3.8, 4) is 5.75 Å². The highest BCUT2D eigenvalue weighted by Gasteiger charge is 2.06. The zero-order valence-electron chi connectivity index (χ0n) is 14.2. The molecule has 0 aliphatic heterocycles. The molecular formula is C22H21NO2. The summed E-state index contributed by atoms with van der Waals surface area (Å²) in [5.74, 6) is 0.624. The SMILES string of the molecule is Cc1ccc(C(=O)Nc2cccc(OCCc3ccccc3)c2)cc1. The molecule has 3 nitrogen and oxygen atoms in total. The molecular weight excluding hydrogens is 310 g/mol. The summed E-state index contributed by atoms with van der Waals surface area (Å²) >= 11 is 0. The highest BCUT2D eigenvalue weighted by atomic mass is 16.5. The Morgan fingerprint density at radius 3 is 2.44 bits per heavy atom. The van der Waals surface area contributed by atoms with Crippen molar-refractivity contribution in [1.82, 2.24) is 0 Å². The van der Waals surface area contributed by atoms with Crippen molar-refractivity contribution in [1.29, 1.82) is 0 Å². The predicted molar refractivity (Wildman–Crippen MR) is 101 cm³/mol. The second-order valence-electron chi connectivity index (χ2n) is 5.93. The topological polar surface area (TPSA) is 38.3 Å². The number of carbonyl (C=O) groups excluding carboxylic acids is 1. The summed E-state index contributed by atoms with van der Waals surface area (Å²) in [6.45, 7) is 2.59. The van der Waals surface area contributed by atoms with Crippen molar-refractivity contribution in [2.24, 2.45) is 0 Å². The molecule has 1 amide bonds. The largest absolute Gasteiger partial charge is 0.493 e. The quantitative estimate of drug-likeness (QED) is 0.700. The summed E-state index contributed by atoms with van der Waals surface area (Å²) in [6.07, 6.45) is 0.848. The first-order valence-electron chi connectivity index (χ1n) is 8.35. The zero-order valence-corrected chi connectivity index (χ0v) is 14.2. The number of anilines is 1. The highest BCUT2D eigenvalue weighted by molar-refractivity contribution is 6.04. The van der Waals surface area contributed by atoms with Crippen LogP contribution in [0.3, 0.4) is 0 Å². The minimum Gasteiger partial charge on any atom is -0.493 e. The van der Waals surface area contributed by atoms with Gasteiger partial charge >= 0.3 is 0 Å². The summed E-state index contributed by atoms with van der Waals surface area (Å²) < 4.78 is 5.80. The third kappa shape index (κ3) is 4.95. The average molecular weight is 331 g/mol. The van der Waals surface area contributed by atoms with Gasteiger partial charge in [0.15, 0.2) is 0 Å². The van der Waals surface area contributed by atoms with Crippen LogP contribution in [-0.4, -0.2) is 12.5 Å². The lowest BCUT2D eigenvalue weighted by Crippen LogP contribution is -2.11. The summed E-state index contributed by atoms with van der Waals surface area (Å²) in [5.41, 5.74) is 3.74. The normalized spacial score (nSPS) is 10.3. The predicted octanol–water partition coefficient (Wildman–Crippen LogP) is 4.87. The standard InChI is InChI=1S/C22H21NO2/c1-17-10-12-19(13-11-17)22(24)23-20-8-5-9-21(16-20)25-15-14-18-6-3-2-4-7-18/h2-13,16H,14-15H2,1H3,(H,23,24). The van der Waals surface area contributed by atoms with Gasteiger partial charge in [0.1, 0.15) is 5.75 Å². The molecule has 1 N–H and O–H groups in total. The number of rotatable bonds is 6. The number of amides is 1. The van der Waals surface area contributed by atoms with Crippen molar-refractivity contribution in [3.63, 3.8) is 0 Å². The van der Waals surface area contributed by atoms with Gasteiger partial charge in [0.05, 0.1) is 6.61 Å². The second-order valence-corrected chi connectivity index (χ2v) is 5.93. The lowest BCUT2D eigenvalue weighted by Gasteiger charge is -2.09. The van der Waals surface area contributed by atoms with Gasteiger partial charge in [-0.1, -0.05) is 54.1 Å². The average Bonchev–Trinajstić information content (AvgIpc) is 2.63. The molecule has 0 aliphatic rings. The maximum atomic E-state index is 12.3. The Kier molecular flexibility index (Phi) is 5.47. The fourth-order valence-electron chi connectivity index (χ4n) is 2.50. The summed E-state index contributed by atoms with van der Waals surface area (Å²) in [7, 11) is 0. The molecule has 3 aromatic carbocycles. The fourth-order valence-corrected chi connectivity index (χ4v) is 2.50. The van der Waals surface area contributed by atoms with E-state index in [1.165, 1.54) is 5.56 Å². The van der Waals surface area contributed by atoms with E-state index < -0.39 is 0 Å². The van der Waals surface area contributed by atoms with Crippen LogP contribution in [0.25, 0.3) is 0 Å². The maximum absolute atomic E-state index is 12.3. The van der Waals surface area contributed by atoms with E-state index in [1.807, 2.05) is 73.7 Å². The molecule has 3 rings (SSSR count). The lowest BCUT2D eigenvalue weighted by molar-refractivity contribution is 0.102. The molecule has 0 spiro atoms. The monoisotopic (exact) mass is 331 g/mol. The van der Waals surface area contributed by atoms with Crippen molar-refractivity contribution < 1.29 is 9.53 Å². The molecule has 0 aromatic heterocycles. The summed E-state index contributed by atoms with van der Waals surface area (Å²) in [4.78, 5) is 12.3. The van der Waals surface area contributed by atoms with Crippen LogP contribution in [0.4, 0.5) is 5.69 Å². The van der Waals surface area contributed by atoms with Crippen molar-refractivity contribution in [2.45, 2.75) is 13.3 Å². The first kappa shape index (κ1) is 16.8. The molecule has 0 saturated heterocycles. The second kappa shape index (κ2) is 8.15. The van der Waals surface area contributed by atoms with E-state index in [9.17, 15) is 4.79 Å². The number of hydrogen-bond donors (Lipinski definition) is 1. The van der Waals surface area contributed by atoms with Crippen LogP contribution in [0.5, 0.6) is 5.75 Å². The molecule has 0 fully saturated rings. The Balaban J connectivity index is 1.57. The van der Waals surface area contributed by atoms with Gasteiger partial charge in [-0.2, -0.15) is 0 Å². The van der Waals surface area contributed by atoms with Crippen molar-refractivity contribution >= 4 is 11.6 Å². The van der Waals surface area contributed by atoms with Crippen LogP contribution in [0.15, 0.2) is 78.9 Å². The van der Waals surface area contributed by atoms with E-state index in [0.29, 0.717) is 12.2 Å². The summed E-state index contributed by atoms with van der Waals surface area (Å²) in [5, 5.41) is 2.91. The maximum Gasteiger partial charge on any atom is 0.255 e. The molecule has 0 unspecified atom stereocenters. The molecule has 3 aromatic rings. The molecule has 126 valence electrons. The third-order valence-corrected chi connectivity index (χ3v) is 3.91. The number of hydrogen-bond acceptors (Lipinski definition) is 2. The van der Waals surface area contributed by atoms with E-state index in [2.05, 4.69) is 17.4 Å². The van der Waals surface area contributed by atoms with E-state index in [0.717, 1.165) is 23.4 Å². The van der Waals surface area contributed by atoms with Crippen LogP contribution < -0.4 is 10.1 Å². The van der Waals surface area contributed by atoms with Crippen LogP contribution in [-0.2, 0) is 6.42 Å². The number of carbonyl (C=O) groups is 1. The lowest BCUT2D eigenvalue weighted by atomic mass is 10.1. The first-order chi connectivity index (χ1) is 12.2. The van der Waals surface area contributed by atoms with E-state index in [1.54, 1.807) is 0 Å². The first-order valence-corrected chi connectivity index (χ1v) is 8.35. The Labute approximate surface area is 148 Å². The molecule has 0 heterocycles. The zero-order chi connectivity index (χ0) is 17.5. The molecule has 3 heteroatoms. The van der Waals surface area contributed by atoms with Gasteiger partial charge in [-0.25, -0.2) is 0 Å². The van der Waals surface area contributed by atoms with Gasteiger partial charge in [-0.15, -0.1) is 0 Å². The number of benzene rings is 3. The summed E-state index contributed by atoms with van der Waals surface area (Å²) in [6, 6.07) is 25.2. The Morgan fingerprint density at radius 2 is 1.68 bits per heavy atom. The van der Waals surface area contributed by atoms with Crippen LogP contribution in [0.2, 0.25) is 0 Å². The molecule has 25 heavy (non-hydrogen) atoms. The van der Waals surface area contributed by atoms with Gasteiger partial charge in [0, 0.05) is 23.7 Å². The van der Waals surface area contributed by atoms with E-state index in [4.69, 9.17) is 4.74 Å². The number of aryl methyl sites for hydroxylation is 1. The van der Waals surface area contributed by atoms with Crippen LogP contribution >= 0.6 is 0 Å². The van der Waals surface area contributed by atoms with Crippen LogP contribution in [0.1, 0.15) is 21.5 Å². The molecule has 0 atom stereocenters. The van der Waals surface area contributed by atoms with Crippen LogP contribution in [0, 0.1) is 6.92 Å². The van der Waals surface area contributed by atoms with Crippen molar-refractivity contribution in [3.05, 3.63) is 95.6 Å². The van der Waals surface area contributed by atoms with Gasteiger partial charge < -0.3 is 10.1 Å². The van der Waals surface area contributed by atoms with Gasteiger partial charge in [0.25, 0.3) is 5.91 Å². The Hall–Kier alpha value is -3.07. The molecule has 0 saturated carbocycles. The fraction of sp³-hybridized carbons (Fsp3) is 0.136. The molecule has 0 radical (unpaired) electrons. The minimum atomic E-state index is -0.124. The van der Waals surface area contributed by atoms with E-state index >= 15 is 0 Å².